The predicted molar refractivity (Wildman–Crippen MR) is 117 cm³/mol. The first-order valence-electron chi connectivity index (χ1n) is 10.5. The SMILES string of the molecule is CCC(C)(C)NC(=O)c1c(C)cccc1C(=O)Nc1ccc(C(F)(C(F)(F)F)C(F)(F)F)cc1C. The summed E-state index contributed by atoms with van der Waals surface area (Å²) in [6, 6.07) is 5.94. The molecule has 0 aliphatic rings. The topological polar surface area (TPSA) is 58.2 Å². The summed E-state index contributed by atoms with van der Waals surface area (Å²) >= 11 is 0. The fraction of sp³-hybridized carbons (Fsp3) is 0.417. The van der Waals surface area contributed by atoms with Crippen molar-refractivity contribution in [1.29, 1.82) is 0 Å². The van der Waals surface area contributed by atoms with E-state index in [9.17, 15) is 40.3 Å². The maximum Gasteiger partial charge on any atom is 0.435 e. The van der Waals surface area contributed by atoms with Crippen molar-refractivity contribution in [3.05, 3.63) is 64.2 Å². The molecule has 0 spiro atoms. The van der Waals surface area contributed by atoms with Crippen LogP contribution in [0, 0.1) is 13.8 Å². The highest BCUT2D eigenvalue weighted by molar-refractivity contribution is 6.13. The van der Waals surface area contributed by atoms with Gasteiger partial charge in [-0.05, 0) is 57.4 Å². The van der Waals surface area contributed by atoms with Gasteiger partial charge in [0.2, 0.25) is 0 Å². The van der Waals surface area contributed by atoms with Gasteiger partial charge in [-0.15, -0.1) is 0 Å². The molecule has 2 aromatic rings. The zero-order valence-electron chi connectivity index (χ0n) is 19.6. The van der Waals surface area contributed by atoms with Crippen LogP contribution in [0.4, 0.5) is 36.4 Å². The first kappa shape index (κ1) is 28.1. The molecular weight excluding hydrogens is 481 g/mol. The van der Waals surface area contributed by atoms with Gasteiger partial charge in [-0.2, -0.15) is 26.3 Å². The maximum absolute atomic E-state index is 14.3. The molecule has 2 amide bonds. The van der Waals surface area contributed by atoms with Crippen molar-refractivity contribution >= 4 is 17.5 Å². The second-order valence-electron chi connectivity index (χ2n) is 8.83. The average molecular weight is 506 g/mol. The quantitative estimate of drug-likeness (QED) is 0.425. The largest absolute Gasteiger partial charge is 0.435 e. The minimum absolute atomic E-state index is 0.0525. The number of alkyl halides is 7. The number of carbonyl (C=O) groups is 2. The summed E-state index contributed by atoms with van der Waals surface area (Å²) in [5, 5.41) is 5.19. The molecule has 0 atom stereocenters. The molecule has 0 saturated heterocycles. The summed E-state index contributed by atoms with van der Waals surface area (Å²) in [4.78, 5) is 25.8. The van der Waals surface area contributed by atoms with E-state index >= 15 is 0 Å². The fourth-order valence-corrected chi connectivity index (χ4v) is 3.31. The van der Waals surface area contributed by atoms with Crippen LogP contribution in [0.25, 0.3) is 0 Å². The van der Waals surface area contributed by atoms with Gasteiger partial charge >= 0.3 is 18.0 Å². The molecule has 0 aromatic heterocycles. The summed E-state index contributed by atoms with van der Waals surface area (Å²) < 4.78 is 92.6. The van der Waals surface area contributed by atoms with Crippen molar-refractivity contribution in [2.24, 2.45) is 0 Å². The molecule has 11 heteroatoms. The number of benzene rings is 2. The summed E-state index contributed by atoms with van der Waals surface area (Å²) in [7, 11) is 0. The highest BCUT2D eigenvalue weighted by Gasteiger charge is 2.73. The average Bonchev–Trinajstić information content (AvgIpc) is 2.72. The van der Waals surface area contributed by atoms with Gasteiger partial charge in [-0.25, -0.2) is 4.39 Å². The number of amides is 2. The number of carbonyl (C=O) groups excluding carboxylic acids is 2. The van der Waals surface area contributed by atoms with Gasteiger partial charge in [0.15, 0.2) is 0 Å². The van der Waals surface area contributed by atoms with Gasteiger partial charge < -0.3 is 10.6 Å². The molecule has 35 heavy (non-hydrogen) atoms. The first-order valence-corrected chi connectivity index (χ1v) is 10.5. The molecule has 0 fully saturated rings. The van der Waals surface area contributed by atoms with E-state index in [4.69, 9.17) is 0 Å². The number of anilines is 1. The third-order valence-corrected chi connectivity index (χ3v) is 5.73. The van der Waals surface area contributed by atoms with Crippen LogP contribution in [0.15, 0.2) is 36.4 Å². The summed E-state index contributed by atoms with van der Waals surface area (Å²) in [6.07, 6.45) is -11.9. The molecular formula is C24H25F7N2O2. The van der Waals surface area contributed by atoms with E-state index in [2.05, 4.69) is 10.6 Å². The Morgan fingerprint density at radius 1 is 0.829 bits per heavy atom. The van der Waals surface area contributed by atoms with E-state index in [1.165, 1.54) is 12.1 Å². The zero-order chi connectivity index (χ0) is 27.0. The molecule has 2 rings (SSSR count). The predicted octanol–water partition coefficient (Wildman–Crippen LogP) is 6.76. The number of rotatable bonds is 6. The molecule has 0 bridgehead atoms. The van der Waals surface area contributed by atoms with Crippen LogP contribution >= 0.6 is 0 Å². The fourth-order valence-electron chi connectivity index (χ4n) is 3.31. The minimum atomic E-state index is -6.25. The van der Waals surface area contributed by atoms with Crippen molar-refractivity contribution in [2.75, 3.05) is 5.32 Å². The van der Waals surface area contributed by atoms with Crippen LogP contribution in [-0.2, 0) is 5.67 Å². The molecule has 4 nitrogen and oxygen atoms in total. The third kappa shape index (κ3) is 5.59. The molecule has 0 aliphatic heterocycles. The Balaban J connectivity index is 2.44. The van der Waals surface area contributed by atoms with Gasteiger partial charge in [-0.1, -0.05) is 31.2 Å². The normalized spacial score (nSPS) is 12.9. The van der Waals surface area contributed by atoms with E-state index in [-0.39, 0.29) is 22.4 Å². The second kappa shape index (κ2) is 9.50. The molecule has 0 heterocycles. The highest BCUT2D eigenvalue weighted by Crippen LogP contribution is 2.53. The van der Waals surface area contributed by atoms with E-state index in [1.54, 1.807) is 26.8 Å². The number of halogens is 7. The lowest BCUT2D eigenvalue weighted by atomic mass is 9.92. The van der Waals surface area contributed by atoms with Gasteiger partial charge in [0.25, 0.3) is 11.8 Å². The van der Waals surface area contributed by atoms with Crippen LogP contribution in [0.2, 0.25) is 0 Å². The molecule has 0 saturated carbocycles. The second-order valence-corrected chi connectivity index (χ2v) is 8.83. The lowest BCUT2D eigenvalue weighted by Crippen LogP contribution is -2.50. The molecule has 0 radical (unpaired) electrons. The van der Waals surface area contributed by atoms with E-state index in [1.807, 2.05) is 6.92 Å². The monoisotopic (exact) mass is 506 g/mol. The van der Waals surface area contributed by atoms with E-state index in [0.29, 0.717) is 24.1 Å². The molecule has 192 valence electrons. The van der Waals surface area contributed by atoms with Gasteiger partial charge in [0, 0.05) is 16.8 Å². The van der Waals surface area contributed by atoms with Crippen molar-refractivity contribution < 1.29 is 40.3 Å². The Hall–Kier alpha value is -3.11. The van der Waals surface area contributed by atoms with Crippen molar-refractivity contribution in [3.63, 3.8) is 0 Å². The number of aryl methyl sites for hydroxylation is 2. The molecule has 2 aromatic carbocycles. The Kier molecular flexibility index (Phi) is 7.64. The molecule has 0 unspecified atom stereocenters. The Bertz CT molecular complexity index is 1110. The Labute approximate surface area is 197 Å². The summed E-state index contributed by atoms with van der Waals surface area (Å²) in [5.41, 5.74) is -7.71. The van der Waals surface area contributed by atoms with E-state index < -0.39 is 40.9 Å². The smallest absolute Gasteiger partial charge is 0.347 e. The van der Waals surface area contributed by atoms with E-state index in [0.717, 1.165) is 13.0 Å². The Morgan fingerprint density at radius 2 is 1.40 bits per heavy atom. The van der Waals surface area contributed by atoms with Gasteiger partial charge in [0.05, 0.1) is 11.1 Å². The van der Waals surface area contributed by atoms with Crippen LogP contribution in [0.3, 0.4) is 0 Å². The van der Waals surface area contributed by atoms with Gasteiger partial charge in [0.1, 0.15) is 0 Å². The number of hydrogen-bond donors (Lipinski definition) is 2. The summed E-state index contributed by atoms with van der Waals surface area (Å²) in [6.45, 7) is 8.18. The van der Waals surface area contributed by atoms with Gasteiger partial charge in [-0.3, -0.25) is 9.59 Å². The third-order valence-electron chi connectivity index (χ3n) is 5.73. The van der Waals surface area contributed by atoms with Crippen molar-refractivity contribution in [2.45, 2.75) is 64.6 Å². The molecule has 0 aliphatic carbocycles. The zero-order valence-corrected chi connectivity index (χ0v) is 19.6. The van der Waals surface area contributed by atoms with Crippen molar-refractivity contribution in [1.82, 2.24) is 5.32 Å². The number of nitrogens with one attached hydrogen (secondary N) is 2. The van der Waals surface area contributed by atoms with Crippen LogP contribution in [-0.4, -0.2) is 29.7 Å². The van der Waals surface area contributed by atoms with Crippen LogP contribution in [0.5, 0.6) is 0 Å². The van der Waals surface area contributed by atoms with Crippen LogP contribution in [0.1, 0.15) is 64.6 Å². The first-order chi connectivity index (χ1) is 15.9. The molecule has 2 N–H and O–H groups in total. The van der Waals surface area contributed by atoms with Crippen LogP contribution < -0.4 is 10.6 Å². The maximum atomic E-state index is 14.3. The lowest BCUT2D eigenvalue weighted by molar-refractivity contribution is -0.348. The number of hydrogen-bond acceptors (Lipinski definition) is 2. The van der Waals surface area contributed by atoms with Crippen molar-refractivity contribution in [3.8, 4) is 0 Å². The minimum Gasteiger partial charge on any atom is -0.347 e. The Morgan fingerprint density at radius 3 is 1.89 bits per heavy atom. The standard InChI is InChI=1S/C24H25F7N2O2/c1-6-21(4,5)33-20(35)18-13(2)8-7-9-16(18)19(34)32-17-11-10-15(12-14(17)3)22(25,23(26,27)28)24(29,30)31/h7-12H,6H2,1-5H3,(H,32,34)(H,33,35). The summed E-state index contributed by atoms with van der Waals surface area (Å²) in [5.74, 6) is -1.34. The highest BCUT2D eigenvalue weighted by atomic mass is 19.4. The lowest BCUT2D eigenvalue weighted by Gasteiger charge is -2.30.